The molecule has 0 aromatic carbocycles. The first-order valence-electron chi connectivity index (χ1n) is 4.91. The van der Waals surface area contributed by atoms with Crippen molar-refractivity contribution in [2.24, 2.45) is 0 Å². The van der Waals surface area contributed by atoms with Gasteiger partial charge in [0.25, 0.3) is 0 Å². The number of carbonyl (C=O) groups is 1. The zero-order valence-electron chi connectivity index (χ0n) is 9.81. The SMILES string of the molecule is CC(C)(OC(=O)Nc1cc(I)c(F)cn1)C(F)(F)F. The molecule has 106 valence electrons. The number of amides is 1. The molecule has 0 unspecified atom stereocenters. The maximum absolute atomic E-state index is 12.9. The van der Waals surface area contributed by atoms with Crippen molar-refractivity contribution < 1.29 is 27.1 Å². The van der Waals surface area contributed by atoms with Crippen LogP contribution in [0.1, 0.15) is 13.8 Å². The molecule has 0 radical (unpaired) electrons. The van der Waals surface area contributed by atoms with E-state index in [1.807, 2.05) is 5.32 Å². The van der Waals surface area contributed by atoms with E-state index in [-0.39, 0.29) is 9.39 Å². The number of rotatable bonds is 2. The van der Waals surface area contributed by atoms with Crippen molar-refractivity contribution in [3.05, 3.63) is 21.7 Å². The van der Waals surface area contributed by atoms with Crippen molar-refractivity contribution in [2.75, 3.05) is 5.32 Å². The Hall–Kier alpha value is -1.13. The first-order valence-corrected chi connectivity index (χ1v) is 5.98. The lowest BCUT2D eigenvalue weighted by molar-refractivity contribution is -0.242. The molecule has 4 nitrogen and oxygen atoms in total. The van der Waals surface area contributed by atoms with Gasteiger partial charge >= 0.3 is 12.3 Å². The molecule has 0 saturated heterocycles. The quantitative estimate of drug-likeness (QED) is 0.617. The minimum absolute atomic E-state index is 0.103. The molecule has 0 bridgehead atoms. The summed E-state index contributed by atoms with van der Waals surface area (Å²) in [6.45, 7) is 1.43. The first kappa shape index (κ1) is 15.9. The van der Waals surface area contributed by atoms with E-state index in [0.29, 0.717) is 13.8 Å². The van der Waals surface area contributed by atoms with Crippen molar-refractivity contribution >= 4 is 34.5 Å². The standard InChI is InChI=1S/C10H9F4IN2O2/c1-9(2,10(12,13)14)19-8(18)17-7-3-6(15)5(11)4-16-7/h3-4H,1-2H3,(H,16,17,18). The number of carbonyl (C=O) groups excluding carboxylic acids is 1. The number of halogens is 5. The number of hydrogen-bond donors (Lipinski definition) is 1. The van der Waals surface area contributed by atoms with Crippen LogP contribution < -0.4 is 5.32 Å². The normalized spacial score (nSPS) is 12.2. The van der Waals surface area contributed by atoms with Crippen molar-refractivity contribution in [2.45, 2.75) is 25.6 Å². The van der Waals surface area contributed by atoms with Crippen molar-refractivity contribution in [3.8, 4) is 0 Å². The zero-order chi connectivity index (χ0) is 14.8. The number of alkyl halides is 3. The van der Waals surface area contributed by atoms with E-state index >= 15 is 0 Å². The molecule has 1 heterocycles. The van der Waals surface area contributed by atoms with Crippen LogP contribution in [0.5, 0.6) is 0 Å². The summed E-state index contributed by atoms with van der Waals surface area (Å²) in [4.78, 5) is 14.8. The monoisotopic (exact) mass is 392 g/mol. The molecule has 1 aromatic rings. The van der Waals surface area contributed by atoms with Crippen molar-refractivity contribution in [3.63, 3.8) is 0 Å². The van der Waals surface area contributed by atoms with Gasteiger partial charge in [-0.15, -0.1) is 0 Å². The summed E-state index contributed by atoms with van der Waals surface area (Å²) in [6.07, 6.45) is -5.18. The van der Waals surface area contributed by atoms with Gasteiger partial charge in [0.2, 0.25) is 5.60 Å². The highest BCUT2D eigenvalue weighted by Gasteiger charge is 2.50. The summed E-state index contributed by atoms with van der Waals surface area (Å²) in [5.41, 5.74) is -2.63. The van der Waals surface area contributed by atoms with E-state index in [0.717, 1.165) is 12.3 Å². The molecule has 9 heteroatoms. The Labute approximate surface area is 119 Å². The average Bonchev–Trinajstić information content (AvgIpc) is 2.21. The molecular formula is C10H9F4IN2O2. The third-order valence-corrected chi connectivity index (χ3v) is 2.90. The third-order valence-electron chi connectivity index (χ3n) is 2.07. The molecule has 0 spiro atoms. The second-order valence-corrected chi connectivity index (χ2v) is 5.17. The van der Waals surface area contributed by atoms with Gasteiger partial charge in [-0.25, -0.2) is 14.2 Å². The van der Waals surface area contributed by atoms with Crippen LogP contribution in [0.15, 0.2) is 12.3 Å². The first-order chi connectivity index (χ1) is 8.53. The van der Waals surface area contributed by atoms with E-state index in [4.69, 9.17) is 0 Å². The highest BCUT2D eigenvalue weighted by Crippen LogP contribution is 2.33. The maximum Gasteiger partial charge on any atom is 0.427 e. The van der Waals surface area contributed by atoms with Crippen LogP contribution in [0.25, 0.3) is 0 Å². The highest BCUT2D eigenvalue weighted by molar-refractivity contribution is 14.1. The topological polar surface area (TPSA) is 51.2 Å². The van der Waals surface area contributed by atoms with Gasteiger partial charge in [0, 0.05) is 0 Å². The van der Waals surface area contributed by atoms with E-state index < -0.39 is 23.7 Å². The van der Waals surface area contributed by atoms with Crippen LogP contribution in [0.2, 0.25) is 0 Å². The van der Waals surface area contributed by atoms with Crippen molar-refractivity contribution in [1.82, 2.24) is 4.98 Å². The van der Waals surface area contributed by atoms with Crippen LogP contribution in [0.3, 0.4) is 0 Å². The predicted molar refractivity (Wildman–Crippen MR) is 67.1 cm³/mol. The molecule has 1 amide bonds. The van der Waals surface area contributed by atoms with Crippen LogP contribution in [-0.4, -0.2) is 22.9 Å². The molecule has 0 saturated carbocycles. The number of aromatic nitrogens is 1. The molecule has 0 aliphatic rings. The average molecular weight is 392 g/mol. The largest absolute Gasteiger partial charge is 0.434 e. The van der Waals surface area contributed by atoms with Crippen LogP contribution >= 0.6 is 22.6 Å². The summed E-state index contributed by atoms with van der Waals surface area (Å²) < 4.78 is 54.8. The maximum atomic E-state index is 12.9. The molecule has 1 N–H and O–H groups in total. The fourth-order valence-electron chi connectivity index (χ4n) is 0.902. The molecule has 1 aromatic heterocycles. The number of nitrogens with one attached hydrogen (secondary N) is 1. The lowest BCUT2D eigenvalue weighted by Gasteiger charge is -2.27. The summed E-state index contributed by atoms with van der Waals surface area (Å²) in [5.74, 6) is -0.705. The van der Waals surface area contributed by atoms with Crippen LogP contribution in [0.4, 0.5) is 28.2 Å². The van der Waals surface area contributed by atoms with Crippen LogP contribution in [0, 0.1) is 9.39 Å². The third kappa shape index (κ3) is 4.18. The Kier molecular flexibility index (Phi) is 4.59. The smallest absolute Gasteiger partial charge is 0.427 e. The summed E-state index contributed by atoms with van der Waals surface area (Å²) in [5, 5.41) is 1.99. The van der Waals surface area contributed by atoms with Crippen molar-refractivity contribution in [1.29, 1.82) is 0 Å². The van der Waals surface area contributed by atoms with Gasteiger partial charge in [0.15, 0.2) is 5.82 Å². The second-order valence-electron chi connectivity index (χ2n) is 4.01. The second kappa shape index (κ2) is 5.47. The van der Waals surface area contributed by atoms with Gasteiger partial charge in [0.1, 0.15) is 5.82 Å². The zero-order valence-corrected chi connectivity index (χ0v) is 12.0. The van der Waals surface area contributed by atoms with E-state index in [1.54, 1.807) is 22.6 Å². The molecule has 1 rings (SSSR count). The lowest BCUT2D eigenvalue weighted by atomic mass is 10.1. The summed E-state index contributed by atoms with van der Waals surface area (Å²) in [6, 6.07) is 1.16. The summed E-state index contributed by atoms with van der Waals surface area (Å²) in [7, 11) is 0. The van der Waals surface area contributed by atoms with E-state index in [1.165, 1.54) is 0 Å². The van der Waals surface area contributed by atoms with Gasteiger partial charge < -0.3 is 4.74 Å². The van der Waals surface area contributed by atoms with Gasteiger partial charge in [0.05, 0.1) is 9.77 Å². The Balaban J connectivity index is 2.73. The number of nitrogens with zero attached hydrogens (tertiary/aromatic N) is 1. The molecular weight excluding hydrogens is 383 g/mol. The molecule has 0 fully saturated rings. The Morgan fingerprint density at radius 3 is 2.47 bits per heavy atom. The van der Waals surface area contributed by atoms with Gasteiger partial charge in [-0.05, 0) is 42.5 Å². The number of hydrogen-bond acceptors (Lipinski definition) is 3. The molecule has 19 heavy (non-hydrogen) atoms. The number of anilines is 1. The minimum Gasteiger partial charge on any atom is -0.434 e. The highest BCUT2D eigenvalue weighted by atomic mass is 127. The van der Waals surface area contributed by atoms with E-state index in [2.05, 4.69) is 9.72 Å². The fraction of sp³-hybridized carbons (Fsp3) is 0.400. The molecule has 0 atom stereocenters. The fourth-order valence-corrected chi connectivity index (χ4v) is 1.34. The Morgan fingerprint density at radius 1 is 1.42 bits per heavy atom. The number of ether oxygens (including phenoxy) is 1. The predicted octanol–water partition coefficient (Wildman–Crippen LogP) is 3.71. The summed E-state index contributed by atoms with van der Waals surface area (Å²) >= 11 is 1.65. The molecule has 0 aliphatic heterocycles. The van der Waals surface area contributed by atoms with Gasteiger partial charge in [-0.1, -0.05) is 0 Å². The Bertz CT molecular complexity index is 491. The lowest BCUT2D eigenvalue weighted by Crippen LogP contribution is -2.44. The Morgan fingerprint density at radius 2 is 2.00 bits per heavy atom. The van der Waals surface area contributed by atoms with Gasteiger partial charge in [-0.2, -0.15) is 13.2 Å². The molecule has 0 aliphatic carbocycles. The van der Waals surface area contributed by atoms with Gasteiger partial charge in [-0.3, -0.25) is 5.32 Å². The van der Waals surface area contributed by atoms with E-state index in [9.17, 15) is 22.4 Å². The number of pyridine rings is 1. The van der Waals surface area contributed by atoms with Crippen LogP contribution in [-0.2, 0) is 4.74 Å². The minimum atomic E-state index is -4.70.